The summed E-state index contributed by atoms with van der Waals surface area (Å²) in [4.78, 5) is 17.4. The second kappa shape index (κ2) is 4.46. The smallest absolute Gasteiger partial charge is 0.242 e. The van der Waals surface area contributed by atoms with Crippen LogP contribution in [0.4, 0.5) is 0 Å². The SMILES string of the molecule is CN1C(C)(C)C(=O)N2CC(C(C)(C)C)CCC2C1(C)C. The van der Waals surface area contributed by atoms with Crippen LogP contribution in [0.15, 0.2) is 0 Å². The van der Waals surface area contributed by atoms with Crippen LogP contribution in [0.5, 0.6) is 0 Å². The molecule has 3 heteroatoms. The molecule has 0 saturated carbocycles. The number of hydrogen-bond donors (Lipinski definition) is 0. The van der Waals surface area contributed by atoms with Crippen molar-refractivity contribution in [3.05, 3.63) is 0 Å². The molecule has 3 nitrogen and oxygen atoms in total. The Morgan fingerprint density at radius 3 is 2.15 bits per heavy atom. The van der Waals surface area contributed by atoms with E-state index in [4.69, 9.17) is 0 Å². The fourth-order valence-corrected chi connectivity index (χ4v) is 4.08. The molecule has 116 valence electrons. The topological polar surface area (TPSA) is 23.6 Å². The molecule has 2 aliphatic heterocycles. The van der Waals surface area contributed by atoms with Gasteiger partial charge in [0.25, 0.3) is 0 Å². The minimum atomic E-state index is -0.403. The average molecular weight is 280 g/mol. The van der Waals surface area contributed by atoms with Gasteiger partial charge in [0.2, 0.25) is 5.91 Å². The standard InChI is InChI=1S/C17H32N2O/c1-15(2,3)12-9-10-13-16(4,5)18(8)17(6,7)14(20)19(13)11-12/h12-13H,9-11H2,1-8H3. The van der Waals surface area contributed by atoms with Gasteiger partial charge in [-0.2, -0.15) is 0 Å². The number of hydrogen-bond acceptors (Lipinski definition) is 2. The number of rotatable bonds is 0. The number of carbonyl (C=O) groups is 1. The molecule has 2 heterocycles. The molecule has 0 aliphatic carbocycles. The fraction of sp³-hybridized carbons (Fsp3) is 0.941. The largest absolute Gasteiger partial charge is 0.336 e. The van der Waals surface area contributed by atoms with E-state index in [0.717, 1.165) is 13.0 Å². The summed E-state index contributed by atoms with van der Waals surface area (Å²) in [7, 11) is 2.10. The molecule has 0 aromatic rings. The number of likely N-dealkylation sites (N-methyl/N-ethyl adjacent to an activating group) is 1. The Bertz CT molecular complexity index is 406. The van der Waals surface area contributed by atoms with Crippen LogP contribution in [0.3, 0.4) is 0 Å². The molecule has 2 fully saturated rings. The predicted molar refractivity (Wildman–Crippen MR) is 83.6 cm³/mol. The summed E-state index contributed by atoms with van der Waals surface area (Å²) in [5.41, 5.74) is -0.0804. The van der Waals surface area contributed by atoms with Crippen molar-refractivity contribution in [2.75, 3.05) is 13.6 Å². The van der Waals surface area contributed by atoms with Gasteiger partial charge in [0.15, 0.2) is 0 Å². The molecule has 2 rings (SSSR count). The molecule has 0 bridgehead atoms. The molecular formula is C17H32N2O. The van der Waals surface area contributed by atoms with Gasteiger partial charge >= 0.3 is 0 Å². The lowest BCUT2D eigenvalue weighted by molar-refractivity contribution is -0.173. The first-order chi connectivity index (χ1) is 8.90. The molecule has 0 radical (unpaired) electrons. The first-order valence-electron chi connectivity index (χ1n) is 7.95. The number of nitrogens with zero attached hydrogens (tertiary/aromatic N) is 2. The van der Waals surface area contributed by atoms with Crippen molar-refractivity contribution in [1.29, 1.82) is 0 Å². The number of carbonyl (C=O) groups excluding carboxylic acids is 1. The van der Waals surface area contributed by atoms with Gasteiger partial charge in [-0.3, -0.25) is 9.69 Å². The Labute approximate surface area is 124 Å². The van der Waals surface area contributed by atoms with Crippen molar-refractivity contribution in [1.82, 2.24) is 9.80 Å². The third-order valence-electron chi connectivity index (χ3n) is 6.11. The van der Waals surface area contributed by atoms with Gasteiger partial charge in [-0.1, -0.05) is 20.8 Å². The van der Waals surface area contributed by atoms with Gasteiger partial charge in [-0.25, -0.2) is 0 Å². The summed E-state index contributed by atoms with van der Waals surface area (Å²) in [5, 5.41) is 0. The van der Waals surface area contributed by atoms with Crippen LogP contribution >= 0.6 is 0 Å². The summed E-state index contributed by atoms with van der Waals surface area (Å²) in [6, 6.07) is 0.353. The maximum atomic E-state index is 12.9. The van der Waals surface area contributed by atoms with Crippen molar-refractivity contribution in [2.45, 2.75) is 78.4 Å². The summed E-state index contributed by atoms with van der Waals surface area (Å²) in [6.45, 7) is 16.5. The van der Waals surface area contributed by atoms with Crippen LogP contribution in [0.2, 0.25) is 0 Å². The summed E-state index contributed by atoms with van der Waals surface area (Å²) < 4.78 is 0. The molecule has 2 aliphatic rings. The Kier molecular flexibility index (Phi) is 3.53. The van der Waals surface area contributed by atoms with Gasteiger partial charge < -0.3 is 4.90 Å². The Morgan fingerprint density at radius 2 is 1.65 bits per heavy atom. The van der Waals surface area contributed by atoms with Crippen molar-refractivity contribution in [3.8, 4) is 0 Å². The lowest BCUT2D eigenvalue weighted by Crippen LogP contribution is -2.75. The van der Waals surface area contributed by atoms with Gasteiger partial charge in [0.1, 0.15) is 0 Å². The second-order valence-corrected chi connectivity index (χ2v) is 8.89. The minimum Gasteiger partial charge on any atom is -0.336 e. The first kappa shape index (κ1) is 15.8. The van der Waals surface area contributed by atoms with Crippen LogP contribution in [0, 0.1) is 11.3 Å². The molecule has 20 heavy (non-hydrogen) atoms. The van der Waals surface area contributed by atoms with E-state index in [0.29, 0.717) is 17.9 Å². The number of piperazine rings is 1. The van der Waals surface area contributed by atoms with E-state index in [1.165, 1.54) is 6.42 Å². The molecule has 0 spiro atoms. The van der Waals surface area contributed by atoms with Crippen molar-refractivity contribution in [3.63, 3.8) is 0 Å². The van der Waals surface area contributed by atoms with E-state index in [1.54, 1.807) is 0 Å². The quantitative estimate of drug-likeness (QED) is 0.680. The molecule has 2 saturated heterocycles. The first-order valence-corrected chi connectivity index (χ1v) is 7.95. The average Bonchev–Trinajstić information content (AvgIpc) is 2.33. The van der Waals surface area contributed by atoms with Crippen LogP contribution < -0.4 is 0 Å². The summed E-state index contributed by atoms with van der Waals surface area (Å²) in [6.07, 6.45) is 2.36. The number of piperidine rings is 1. The highest BCUT2D eigenvalue weighted by atomic mass is 16.2. The van der Waals surface area contributed by atoms with Crippen LogP contribution in [0.25, 0.3) is 0 Å². The highest BCUT2D eigenvalue weighted by Crippen LogP contribution is 2.44. The highest BCUT2D eigenvalue weighted by Gasteiger charge is 2.55. The molecule has 0 aromatic carbocycles. The number of fused-ring (bicyclic) bond motifs is 1. The lowest BCUT2D eigenvalue weighted by Gasteiger charge is -2.61. The van der Waals surface area contributed by atoms with Gasteiger partial charge in [0.05, 0.1) is 5.54 Å². The van der Waals surface area contributed by atoms with Crippen molar-refractivity contribution in [2.24, 2.45) is 11.3 Å². The molecule has 2 unspecified atom stereocenters. The van der Waals surface area contributed by atoms with E-state index in [2.05, 4.69) is 65.3 Å². The Balaban J connectivity index is 2.34. The predicted octanol–water partition coefficient (Wildman–Crippen LogP) is 3.14. The zero-order chi connectivity index (χ0) is 15.5. The van der Waals surface area contributed by atoms with Crippen molar-refractivity contribution >= 4 is 5.91 Å². The summed E-state index contributed by atoms with van der Waals surface area (Å²) in [5.74, 6) is 0.913. The number of amides is 1. The zero-order valence-corrected chi connectivity index (χ0v) is 14.6. The van der Waals surface area contributed by atoms with Crippen LogP contribution in [-0.2, 0) is 4.79 Å². The molecule has 0 N–H and O–H groups in total. The molecule has 0 aromatic heterocycles. The zero-order valence-electron chi connectivity index (χ0n) is 14.6. The third-order valence-corrected chi connectivity index (χ3v) is 6.11. The van der Waals surface area contributed by atoms with Crippen LogP contribution in [0.1, 0.15) is 61.3 Å². The van der Waals surface area contributed by atoms with Gasteiger partial charge in [-0.15, -0.1) is 0 Å². The third kappa shape index (κ3) is 2.18. The monoisotopic (exact) mass is 280 g/mol. The normalized spacial score (nSPS) is 34.0. The minimum absolute atomic E-state index is 0.0419. The van der Waals surface area contributed by atoms with E-state index < -0.39 is 5.54 Å². The van der Waals surface area contributed by atoms with Crippen molar-refractivity contribution < 1.29 is 4.79 Å². The molecular weight excluding hydrogens is 248 g/mol. The lowest BCUT2D eigenvalue weighted by atomic mass is 9.70. The molecule has 1 amide bonds. The maximum absolute atomic E-state index is 12.9. The van der Waals surface area contributed by atoms with Gasteiger partial charge in [-0.05, 0) is 58.9 Å². The highest BCUT2D eigenvalue weighted by molar-refractivity contribution is 5.87. The van der Waals surface area contributed by atoms with Gasteiger partial charge in [0, 0.05) is 18.1 Å². The van der Waals surface area contributed by atoms with E-state index >= 15 is 0 Å². The fourth-order valence-electron chi connectivity index (χ4n) is 4.08. The summed E-state index contributed by atoms with van der Waals surface area (Å²) >= 11 is 0. The Hall–Kier alpha value is -0.570. The Morgan fingerprint density at radius 1 is 1.10 bits per heavy atom. The molecule has 2 atom stereocenters. The maximum Gasteiger partial charge on any atom is 0.242 e. The van der Waals surface area contributed by atoms with E-state index in [1.807, 2.05) is 0 Å². The van der Waals surface area contributed by atoms with Crippen LogP contribution in [-0.4, -0.2) is 46.4 Å². The van der Waals surface area contributed by atoms with E-state index in [9.17, 15) is 4.79 Å². The van der Waals surface area contributed by atoms with E-state index in [-0.39, 0.29) is 11.0 Å². The second-order valence-electron chi connectivity index (χ2n) is 8.89.